The first-order chi connectivity index (χ1) is 4.72. The van der Waals surface area contributed by atoms with Crippen LogP contribution in [0.15, 0.2) is 4.99 Å². The summed E-state index contributed by atoms with van der Waals surface area (Å²) in [5.41, 5.74) is 0. The van der Waals surface area contributed by atoms with Crippen LogP contribution in [0, 0.1) is 5.92 Å². The van der Waals surface area contributed by atoms with Gasteiger partial charge in [0.15, 0.2) is 0 Å². The molecule has 0 amide bonds. The molecule has 0 heterocycles. The van der Waals surface area contributed by atoms with E-state index in [-0.39, 0.29) is 0 Å². The van der Waals surface area contributed by atoms with Crippen LogP contribution in [0.3, 0.4) is 0 Å². The first-order valence-corrected chi connectivity index (χ1v) is 4.24. The predicted octanol–water partition coefficient (Wildman–Crippen LogP) is 2.90. The van der Waals surface area contributed by atoms with Gasteiger partial charge in [0.2, 0.25) is 0 Å². The standard InChI is InChI=1S/C9H19N/c1-5-7-10-9(4)8(3)6-2/h7-9H,5-6H2,1-4H3/t8-,9?/m1/s1. The van der Waals surface area contributed by atoms with Gasteiger partial charge in [0.05, 0.1) is 0 Å². The molecular weight excluding hydrogens is 122 g/mol. The second kappa shape index (κ2) is 5.45. The van der Waals surface area contributed by atoms with Crippen molar-refractivity contribution in [2.45, 2.75) is 46.6 Å². The molecule has 0 aromatic heterocycles. The number of rotatable bonds is 4. The molecular formula is C9H19N. The van der Waals surface area contributed by atoms with Crippen LogP contribution in [0.2, 0.25) is 0 Å². The fraction of sp³-hybridized carbons (Fsp3) is 0.889. The van der Waals surface area contributed by atoms with E-state index in [0.29, 0.717) is 6.04 Å². The third-order valence-corrected chi connectivity index (χ3v) is 1.99. The van der Waals surface area contributed by atoms with Crippen LogP contribution in [0.25, 0.3) is 0 Å². The zero-order chi connectivity index (χ0) is 7.98. The molecule has 1 heteroatoms. The van der Waals surface area contributed by atoms with Gasteiger partial charge in [-0.3, -0.25) is 4.99 Å². The van der Waals surface area contributed by atoms with E-state index >= 15 is 0 Å². The second-order valence-electron chi connectivity index (χ2n) is 2.87. The highest BCUT2D eigenvalue weighted by molar-refractivity contribution is 5.56. The molecule has 0 radical (unpaired) electrons. The monoisotopic (exact) mass is 141 g/mol. The maximum Gasteiger partial charge on any atom is 0.0492 e. The molecule has 2 atom stereocenters. The van der Waals surface area contributed by atoms with Crippen molar-refractivity contribution in [2.75, 3.05) is 0 Å². The first kappa shape index (κ1) is 9.67. The summed E-state index contributed by atoms with van der Waals surface area (Å²) in [6.45, 7) is 8.76. The van der Waals surface area contributed by atoms with E-state index < -0.39 is 0 Å². The minimum absolute atomic E-state index is 0.505. The lowest BCUT2D eigenvalue weighted by Gasteiger charge is -2.12. The molecule has 0 aliphatic heterocycles. The van der Waals surface area contributed by atoms with Crippen molar-refractivity contribution in [3.63, 3.8) is 0 Å². The Morgan fingerprint density at radius 2 is 1.90 bits per heavy atom. The Morgan fingerprint density at radius 1 is 1.30 bits per heavy atom. The van der Waals surface area contributed by atoms with E-state index in [4.69, 9.17) is 0 Å². The van der Waals surface area contributed by atoms with Gasteiger partial charge in [0, 0.05) is 6.04 Å². The van der Waals surface area contributed by atoms with Crippen molar-refractivity contribution in [3.05, 3.63) is 0 Å². The molecule has 0 saturated heterocycles. The van der Waals surface area contributed by atoms with Crippen LogP contribution in [-0.2, 0) is 0 Å². The van der Waals surface area contributed by atoms with Crippen LogP contribution in [0.1, 0.15) is 40.5 Å². The van der Waals surface area contributed by atoms with E-state index in [1.54, 1.807) is 0 Å². The van der Waals surface area contributed by atoms with Crippen LogP contribution < -0.4 is 0 Å². The maximum atomic E-state index is 4.39. The average Bonchev–Trinajstić information content (AvgIpc) is 1.98. The Kier molecular flexibility index (Phi) is 5.27. The summed E-state index contributed by atoms with van der Waals surface area (Å²) in [5.74, 6) is 0.725. The molecule has 0 N–H and O–H groups in total. The SMILES string of the molecule is CCC=NC(C)[C@H](C)CC. The fourth-order valence-electron chi connectivity index (χ4n) is 0.760. The minimum Gasteiger partial charge on any atom is -0.294 e. The molecule has 10 heavy (non-hydrogen) atoms. The quantitative estimate of drug-likeness (QED) is 0.534. The fourth-order valence-corrected chi connectivity index (χ4v) is 0.760. The first-order valence-electron chi connectivity index (χ1n) is 4.24. The van der Waals surface area contributed by atoms with E-state index in [1.807, 2.05) is 6.21 Å². The molecule has 0 aliphatic rings. The van der Waals surface area contributed by atoms with Gasteiger partial charge in [0.1, 0.15) is 0 Å². The van der Waals surface area contributed by atoms with Crippen molar-refractivity contribution in [3.8, 4) is 0 Å². The summed E-state index contributed by atoms with van der Waals surface area (Å²) in [6, 6.07) is 0.505. The summed E-state index contributed by atoms with van der Waals surface area (Å²) >= 11 is 0. The van der Waals surface area contributed by atoms with Gasteiger partial charge in [-0.15, -0.1) is 0 Å². The highest BCUT2D eigenvalue weighted by Gasteiger charge is 2.05. The lowest BCUT2D eigenvalue weighted by molar-refractivity contribution is 0.473. The Labute approximate surface area is 64.6 Å². The van der Waals surface area contributed by atoms with E-state index in [0.717, 1.165) is 12.3 Å². The predicted molar refractivity (Wildman–Crippen MR) is 47.7 cm³/mol. The van der Waals surface area contributed by atoms with E-state index in [1.165, 1.54) is 6.42 Å². The summed E-state index contributed by atoms with van der Waals surface area (Å²) in [4.78, 5) is 4.39. The van der Waals surface area contributed by atoms with Crippen LogP contribution in [0.4, 0.5) is 0 Å². The summed E-state index contributed by atoms with van der Waals surface area (Å²) < 4.78 is 0. The van der Waals surface area contributed by atoms with Gasteiger partial charge in [-0.25, -0.2) is 0 Å². The number of hydrogen-bond acceptors (Lipinski definition) is 1. The summed E-state index contributed by atoms with van der Waals surface area (Å²) in [7, 11) is 0. The maximum absolute atomic E-state index is 4.39. The van der Waals surface area contributed by atoms with Gasteiger partial charge in [0.25, 0.3) is 0 Å². The minimum atomic E-state index is 0.505. The smallest absolute Gasteiger partial charge is 0.0492 e. The Bertz CT molecular complexity index is 96.9. The average molecular weight is 141 g/mol. The van der Waals surface area contributed by atoms with Crippen molar-refractivity contribution < 1.29 is 0 Å². The lowest BCUT2D eigenvalue weighted by Crippen LogP contribution is -2.10. The topological polar surface area (TPSA) is 12.4 Å². The van der Waals surface area contributed by atoms with Crippen LogP contribution in [-0.4, -0.2) is 12.3 Å². The van der Waals surface area contributed by atoms with Crippen LogP contribution in [0.5, 0.6) is 0 Å². The molecule has 0 aliphatic carbocycles. The van der Waals surface area contributed by atoms with Gasteiger partial charge in [-0.2, -0.15) is 0 Å². The molecule has 0 fully saturated rings. The zero-order valence-corrected chi connectivity index (χ0v) is 7.59. The number of hydrogen-bond donors (Lipinski definition) is 0. The van der Waals surface area contributed by atoms with Crippen molar-refractivity contribution in [1.29, 1.82) is 0 Å². The van der Waals surface area contributed by atoms with E-state index in [9.17, 15) is 0 Å². The second-order valence-corrected chi connectivity index (χ2v) is 2.87. The normalized spacial score (nSPS) is 17.6. The van der Waals surface area contributed by atoms with Crippen LogP contribution >= 0.6 is 0 Å². The van der Waals surface area contributed by atoms with Crippen molar-refractivity contribution in [2.24, 2.45) is 10.9 Å². The van der Waals surface area contributed by atoms with E-state index in [2.05, 4.69) is 32.7 Å². The third-order valence-electron chi connectivity index (χ3n) is 1.99. The molecule has 1 nitrogen and oxygen atoms in total. The molecule has 0 aromatic rings. The molecule has 0 saturated carbocycles. The largest absolute Gasteiger partial charge is 0.294 e. The molecule has 60 valence electrons. The molecule has 0 spiro atoms. The third kappa shape index (κ3) is 3.65. The Hall–Kier alpha value is -0.330. The summed E-state index contributed by atoms with van der Waals surface area (Å²) in [5, 5.41) is 0. The van der Waals surface area contributed by atoms with Gasteiger partial charge in [-0.1, -0.05) is 27.2 Å². The highest BCUT2D eigenvalue weighted by atomic mass is 14.8. The zero-order valence-electron chi connectivity index (χ0n) is 7.59. The lowest BCUT2D eigenvalue weighted by atomic mass is 10.0. The number of aliphatic imine (C=N–C) groups is 1. The van der Waals surface area contributed by atoms with Crippen molar-refractivity contribution in [1.82, 2.24) is 0 Å². The number of nitrogens with zero attached hydrogens (tertiary/aromatic N) is 1. The summed E-state index contributed by atoms with van der Waals surface area (Å²) in [6.07, 6.45) is 4.29. The molecule has 1 unspecified atom stereocenters. The van der Waals surface area contributed by atoms with Gasteiger partial charge in [-0.05, 0) is 25.5 Å². The molecule has 0 bridgehead atoms. The van der Waals surface area contributed by atoms with Crippen molar-refractivity contribution >= 4 is 6.21 Å². The van der Waals surface area contributed by atoms with Gasteiger partial charge < -0.3 is 0 Å². The molecule has 0 aromatic carbocycles. The van der Waals surface area contributed by atoms with Gasteiger partial charge >= 0.3 is 0 Å². The molecule has 0 rings (SSSR count). The Balaban J connectivity index is 3.60. The Morgan fingerprint density at radius 3 is 2.30 bits per heavy atom. The highest BCUT2D eigenvalue weighted by Crippen LogP contribution is 2.09.